The van der Waals surface area contributed by atoms with Crippen molar-refractivity contribution in [2.24, 2.45) is 0 Å². The van der Waals surface area contributed by atoms with Gasteiger partial charge in [-0.05, 0) is 29.5 Å². The maximum absolute atomic E-state index is 12.4. The van der Waals surface area contributed by atoms with Crippen molar-refractivity contribution in [3.05, 3.63) is 66.2 Å². The lowest BCUT2D eigenvalue weighted by Crippen LogP contribution is -2.17. The molecule has 0 aliphatic rings. The van der Waals surface area contributed by atoms with Crippen molar-refractivity contribution in [3.8, 4) is 0 Å². The fraction of sp³-hybridized carbons (Fsp3) is 0.200. The van der Waals surface area contributed by atoms with E-state index in [9.17, 15) is 25.5 Å². The molecule has 0 aliphatic heterocycles. The number of halogens is 4. The Morgan fingerprint density at radius 2 is 1.46 bits per heavy atom. The number of rotatable bonds is 6. The summed E-state index contributed by atoms with van der Waals surface area (Å²) in [6, 6.07) is 16.8. The summed E-state index contributed by atoms with van der Waals surface area (Å²) in [6.07, 6.45) is 0. The first-order valence-corrected chi connectivity index (χ1v) is 8.83. The summed E-state index contributed by atoms with van der Waals surface area (Å²) < 4.78 is 70.3. The largest absolute Gasteiger partial charge is 0.372 e. The molecule has 2 rings (SSSR count). The van der Waals surface area contributed by atoms with Crippen LogP contribution >= 0.6 is 11.8 Å². The van der Waals surface area contributed by atoms with Crippen molar-refractivity contribution in [2.75, 3.05) is 6.67 Å². The number of hydrogen-bond donors (Lipinski definition) is 1. The molecule has 3 nitrogen and oxygen atoms in total. The van der Waals surface area contributed by atoms with E-state index in [2.05, 4.69) is 0 Å². The SMILES string of the molecule is FCC(F)(F)Sc1ccccc1.O=S(=O)(F)NCc1ccccc1. The van der Waals surface area contributed by atoms with E-state index in [1.165, 1.54) is 12.1 Å². The first-order chi connectivity index (χ1) is 11.2. The van der Waals surface area contributed by atoms with E-state index in [0.717, 1.165) is 5.56 Å². The van der Waals surface area contributed by atoms with Crippen molar-refractivity contribution < 1.29 is 25.5 Å². The number of benzene rings is 2. The van der Waals surface area contributed by atoms with Gasteiger partial charge in [-0.25, -0.2) is 4.39 Å². The van der Waals surface area contributed by atoms with Crippen LogP contribution in [0.2, 0.25) is 0 Å². The van der Waals surface area contributed by atoms with E-state index in [1.807, 2.05) is 0 Å². The fourth-order valence-corrected chi connectivity index (χ4v) is 2.49. The molecular weight excluding hydrogens is 366 g/mol. The van der Waals surface area contributed by atoms with Crippen LogP contribution in [0.15, 0.2) is 65.6 Å². The Hall–Kier alpha value is -1.58. The Bertz CT molecular complexity index is 698. The molecule has 0 atom stereocenters. The molecule has 0 radical (unpaired) electrons. The van der Waals surface area contributed by atoms with Crippen molar-refractivity contribution in [2.45, 2.75) is 16.7 Å². The van der Waals surface area contributed by atoms with Gasteiger partial charge in [0.05, 0.1) is 0 Å². The predicted molar refractivity (Wildman–Crippen MR) is 86.5 cm³/mol. The average molecular weight is 381 g/mol. The maximum atomic E-state index is 12.4. The van der Waals surface area contributed by atoms with Gasteiger partial charge in [0.2, 0.25) is 0 Å². The fourth-order valence-electron chi connectivity index (χ4n) is 1.45. The second-order valence-electron chi connectivity index (χ2n) is 4.43. The van der Waals surface area contributed by atoms with Gasteiger partial charge in [0, 0.05) is 11.4 Å². The Labute approximate surface area is 142 Å². The van der Waals surface area contributed by atoms with Gasteiger partial charge in [-0.15, -0.1) is 0 Å². The van der Waals surface area contributed by atoms with Gasteiger partial charge < -0.3 is 0 Å². The molecule has 0 spiro atoms. The summed E-state index contributed by atoms with van der Waals surface area (Å²) in [5.41, 5.74) is 0.721. The van der Waals surface area contributed by atoms with Gasteiger partial charge in [-0.2, -0.15) is 21.9 Å². The number of alkyl halides is 3. The van der Waals surface area contributed by atoms with Crippen molar-refractivity contribution in [1.29, 1.82) is 0 Å². The summed E-state index contributed by atoms with van der Waals surface area (Å²) in [5.74, 6) is 0. The molecule has 9 heteroatoms. The smallest absolute Gasteiger partial charge is 0.243 e. The Morgan fingerprint density at radius 1 is 0.958 bits per heavy atom. The van der Waals surface area contributed by atoms with E-state index in [0.29, 0.717) is 4.90 Å². The summed E-state index contributed by atoms with van der Waals surface area (Å²) in [6.45, 7) is -1.65. The van der Waals surface area contributed by atoms with Gasteiger partial charge in [-0.1, -0.05) is 52.4 Å². The molecule has 0 aromatic heterocycles. The second-order valence-corrected chi connectivity index (χ2v) is 6.87. The van der Waals surface area contributed by atoms with E-state index >= 15 is 0 Å². The zero-order valence-electron chi connectivity index (χ0n) is 12.3. The summed E-state index contributed by atoms with van der Waals surface area (Å²) in [4.78, 5) is 0.375. The van der Waals surface area contributed by atoms with E-state index in [1.54, 1.807) is 53.3 Å². The van der Waals surface area contributed by atoms with Crippen LogP contribution in [0, 0.1) is 0 Å². The highest BCUT2D eigenvalue weighted by atomic mass is 32.3. The molecule has 0 saturated carbocycles. The highest BCUT2D eigenvalue weighted by Crippen LogP contribution is 2.35. The first-order valence-electron chi connectivity index (χ1n) is 6.63. The minimum atomic E-state index is -4.57. The summed E-state index contributed by atoms with van der Waals surface area (Å²) in [7, 11) is -4.57. The van der Waals surface area contributed by atoms with E-state index < -0.39 is 22.3 Å². The predicted octanol–water partition coefficient (Wildman–Crippen LogP) is 4.33. The van der Waals surface area contributed by atoms with Crippen LogP contribution in [-0.2, 0) is 17.0 Å². The van der Waals surface area contributed by atoms with Crippen molar-refractivity contribution in [3.63, 3.8) is 0 Å². The maximum Gasteiger partial charge on any atom is 0.372 e. The molecule has 2 aromatic rings. The normalized spacial score (nSPS) is 11.5. The molecule has 0 heterocycles. The Kier molecular flexibility index (Phi) is 8.23. The molecule has 0 aliphatic carbocycles. The van der Waals surface area contributed by atoms with Crippen LogP contribution in [0.25, 0.3) is 0 Å². The van der Waals surface area contributed by atoms with Crippen molar-refractivity contribution in [1.82, 2.24) is 4.72 Å². The molecule has 0 saturated heterocycles. The molecule has 24 heavy (non-hydrogen) atoms. The van der Waals surface area contributed by atoms with E-state index in [-0.39, 0.29) is 18.3 Å². The molecule has 0 amide bonds. The monoisotopic (exact) mass is 381 g/mol. The first kappa shape index (κ1) is 20.5. The second kappa shape index (κ2) is 9.65. The summed E-state index contributed by atoms with van der Waals surface area (Å²) in [5, 5.41) is -3.30. The molecule has 132 valence electrons. The lowest BCUT2D eigenvalue weighted by atomic mass is 10.2. The van der Waals surface area contributed by atoms with Gasteiger partial charge >= 0.3 is 15.7 Å². The third kappa shape index (κ3) is 9.53. The van der Waals surface area contributed by atoms with Crippen LogP contribution < -0.4 is 4.72 Å². The number of hydrogen-bond acceptors (Lipinski definition) is 3. The van der Waals surface area contributed by atoms with Crippen LogP contribution in [0.5, 0.6) is 0 Å². The topological polar surface area (TPSA) is 46.2 Å². The minimum Gasteiger partial charge on any atom is -0.243 e. The standard InChI is InChI=1S/C8H7F3S.C7H8FNO2S/c9-6-8(10,11)12-7-4-2-1-3-5-7;8-12(10,11)9-6-7-4-2-1-3-5-7/h1-5H,6H2;1-5,9H,6H2. The number of nitrogens with one attached hydrogen (secondary N) is 1. The quantitative estimate of drug-likeness (QED) is 0.460. The third-order valence-corrected chi connectivity index (χ3v) is 3.86. The average Bonchev–Trinajstić information content (AvgIpc) is 2.54. The minimum absolute atomic E-state index is 0.0142. The highest BCUT2D eigenvalue weighted by molar-refractivity contribution is 8.00. The van der Waals surface area contributed by atoms with Crippen LogP contribution in [0.3, 0.4) is 0 Å². The molecule has 0 unspecified atom stereocenters. The molecule has 2 aromatic carbocycles. The molecule has 1 N–H and O–H groups in total. The molecule has 0 bridgehead atoms. The van der Waals surface area contributed by atoms with Gasteiger partial charge in [0.1, 0.15) is 0 Å². The lowest BCUT2D eigenvalue weighted by molar-refractivity contribution is 0.0741. The number of thioether (sulfide) groups is 1. The van der Waals surface area contributed by atoms with Gasteiger partial charge in [-0.3, -0.25) is 0 Å². The van der Waals surface area contributed by atoms with Gasteiger partial charge in [0.25, 0.3) is 0 Å². The van der Waals surface area contributed by atoms with Gasteiger partial charge in [0.15, 0.2) is 6.67 Å². The lowest BCUT2D eigenvalue weighted by Gasteiger charge is -2.10. The Balaban J connectivity index is 0.000000240. The third-order valence-electron chi connectivity index (χ3n) is 2.46. The van der Waals surface area contributed by atoms with Crippen molar-refractivity contribution >= 4 is 22.2 Å². The van der Waals surface area contributed by atoms with Crippen LogP contribution in [0.1, 0.15) is 5.56 Å². The zero-order chi connectivity index (χ0) is 18.1. The Morgan fingerprint density at radius 3 is 1.92 bits per heavy atom. The van der Waals surface area contributed by atoms with Crippen LogP contribution in [0.4, 0.5) is 17.1 Å². The zero-order valence-corrected chi connectivity index (χ0v) is 14.0. The molecule has 0 fully saturated rings. The van der Waals surface area contributed by atoms with Crippen LogP contribution in [-0.4, -0.2) is 20.3 Å². The summed E-state index contributed by atoms with van der Waals surface area (Å²) >= 11 is 0.238. The van der Waals surface area contributed by atoms with E-state index in [4.69, 9.17) is 0 Å². The highest BCUT2D eigenvalue weighted by Gasteiger charge is 2.30. The molecular formula is C15H15F4NO2S2.